The van der Waals surface area contributed by atoms with Crippen LogP contribution in [0.25, 0.3) is 11.0 Å². The number of hydrogen-bond donors (Lipinski definition) is 2. The maximum Gasteiger partial charge on any atom is 0.339 e. The fourth-order valence-electron chi connectivity index (χ4n) is 3.00. The number of anilines is 1. The monoisotopic (exact) mass is 331 g/mol. The predicted molar refractivity (Wildman–Crippen MR) is 91.4 cm³/mol. The molecule has 2 amide bonds. The first-order valence-corrected chi connectivity index (χ1v) is 7.97. The summed E-state index contributed by atoms with van der Waals surface area (Å²) in [6.07, 6.45) is 0.644. The molecule has 24 heavy (non-hydrogen) atoms. The highest BCUT2D eigenvalue weighted by atomic mass is 16.5. The third-order valence-electron chi connectivity index (χ3n) is 4.34. The lowest BCUT2D eigenvalue weighted by molar-refractivity contribution is 0.0383. The second-order valence-electron chi connectivity index (χ2n) is 5.90. The molecule has 0 spiro atoms. The lowest BCUT2D eigenvalue weighted by atomic mass is 10.0. The fourth-order valence-corrected chi connectivity index (χ4v) is 3.00. The van der Waals surface area contributed by atoms with Gasteiger partial charge in [-0.25, -0.2) is 9.59 Å². The zero-order chi connectivity index (χ0) is 17.1. The number of amides is 2. The van der Waals surface area contributed by atoms with Gasteiger partial charge in [0, 0.05) is 42.3 Å². The molecule has 0 radical (unpaired) electrons. The number of nitrogens with two attached hydrogens (primary N) is 1. The van der Waals surface area contributed by atoms with Crippen molar-refractivity contribution in [2.24, 2.45) is 5.73 Å². The number of benzene rings is 1. The molecule has 1 aliphatic rings. The van der Waals surface area contributed by atoms with E-state index in [-0.39, 0.29) is 5.63 Å². The summed E-state index contributed by atoms with van der Waals surface area (Å²) in [7, 11) is 0. The van der Waals surface area contributed by atoms with Crippen molar-refractivity contribution in [3.05, 3.63) is 39.7 Å². The SMILES string of the molecule is Cc1c(CCN2CCOCC2)c(=O)oc2cc(NC(N)=O)ccc12. The van der Waals surface area contributed by atoms with Crippen molar-refractivity contribution in [3.8, 4) is 0 Å². The van der Waals surface area contributed by atoms with Crippen LogP contribution in [0.3, 0.4) is 0 Å². The second-order valence-corrected chi connectivity index (χ2v) is 5.90. The third kappa shape index (κ3) is 3.58. The van der Waals surface area contributed by atoms with E-state index < -0.39 is 6.03 Å². The largest absolute Gasteiger partial charge is 0.422 e. The van der Waals surface area contributed by atoms with E-state index in [1.165, 1.54) is 0 Å². The summed E-state index contributed by atoms with van der Waals surface area (Å²) < 4.78 is 10.8. The smallest absolute Gasteiger partial charge is 0.339 e. The summed E-state index contributed by atoms with van der Waals surface area (Å²) in [5.74, 6) is 0. The van der Waals surface area contributed by atoms with Crippen molar-refractivity contribution >= 4 is 22.7 Å². The quantitative estimate of drug-likeness (QED) is 0.827. The Bertz CT molecular complexity index is 809. The van der Waals surface area contributed by atoms with Crippen LogP contribution in [0.5, 0.6) is 0 Å². The molecule has 0 saturated carbocycles. The number of aryl methyl sites for hydroxylation is 1. The Morgan fingerprint density at radius 1 is 1.33 bits per heavy atom. The Balaban J connectivity index is 1.86. The summed E-state index contributed by atoms with van der Waals surface area (Å²) in [6.45, 7) is 5.99. The molecule has 2 heterocycles. The van der Waals surface area contributed by atoms with E-state index in [0.29, 0.717) is 23.3 Å². The highest BCUT2D eigenvalue weighted by Gasteiger charge is 2.15. The van der Waals surface area contributed by atoms with Crippen LogP contribution in [0.1, 0.15) is 11.1 Å². The van der Waals surface area contributed by atoms with E-state index in [0.717, 1.165) is 43.8 Å². The Morgan fingerprint density at radius 3 is 2.79 bits per heavy atom. The molecule has 7 heteroatoms. The average molecular weight is 331 g/mol. The highest BCUT2D eigenvalue weighted by Crippen LogP contribution is 2.23. The maximum absolute atomic E-state index is 12.3. The van der Waals surface area contributed by atoms with Gasteiger partial charge in [-0.1, -0.05) is 0 Å². The minimum Gasteiger partial charge on any atom is -0.422 e. The van der Waals surface area contributed by atoms with Gasteiger partial charge in [0.2, 0.25) is 0 Å². The van der Waals surface area contributed by atoms with Crippen molar-refractivity contribution < 1.29 is 13.9 Å². The molecule has 1 saturated heterocycles. The first-order chi connectivity index (χ1) is 11.5. The van der Waals surface area contributed by atoms with Gasteiger partial charge in [-0.15, -0.1) is 0 Å². The summed E-state index contributed by atoms with van der Waals surface area (Å²) in [4.78, 5) is 25.6. The number of rotatable bonds is 4. The van der Waals surface area contributed by atoms with Crippen LogP contribution in [0, 0.1) is 6.92 Å². The van der Waals surface area contributed by atoms with Crippen molar-refractivity contribution in [1.82, 2.24) is 4.90 Å². The molecule has 1 aromatic carbocycles. The van der Waals surface area contributed by atoms with Crippen LogP contribution in [0.4, 0.5) is 10.5 Å². The molecule has 1 aliphatic heterocycles. The molecule has 0 atom stereocenters. The molecule has 3 N–H and O–H groups in total. The number of morpholine rings is 1. The first kappa shape index (κ1) is 16.5. The number of nitrogens with zero attached hydrogens (tertiary/aromatic N) is 1. The van der Waals surface area contributed by atoms with Gasteiger partial charge in [-0.3, -0.25) is 4.90 Å². The van der Waals surface area contributed by atoms with E-state index in [1.54, 1.807) is 12.1 Å². The number of ether oxygens (including phenoxy) is 1. The zero-order valence-electron chi connectivity index (χ0n) is 13.6. The Morgan fingerprint density at radius 2 is 2.08 bits per heavy atom. The van der Waals surface area contributed by atoms with Crippen LogP contribution < -0.4 is 16.7 Å². The van der Waals surface area contributed by atoms with Gasteiger partial charge in [-0.2, -0.15) is 0 Å². The van der Waals surface area contributed by atoms with E-state index >= 15 is 0 Å². The number of urea groups is 1. The summed E-state index contributed by atoms with van der Waals surface area (Å²) in [5, 5.41) is 3.34. The van der Waals surface area contributed by atoms with Crippen molar-refractivity contribution in [3.63, 3.8) is 0 Å². The average Bonchev–Trinajstić information content (AvgIpc) is 2.54. The maximum atomic E-state index is 12.3. The topological polar surface area (TPSA) is 97.8 Å². The minimum absolute atomic E-state index is 0.329. The van der Waals surface area contributed by atoms with Gasteiger partial charge in [-0.05, 0) is 31.0 Å². The molecule has 1 fully saturated rings. The van der Waals surface area contributed by atoms with Crippen molar-refractivity contribution in [2.75, 3.05) is 38.2 Å². The van der Waals surface area contributed by atoms with Crippen LogP contribution in [-0.4, -0.2) is 43.8 Å². The van der Waals surface area contributed by atoms with Gasteiger partial charge < -0.3 is 20.2 Å². The predicted octanol–water partition coefficient (Wildman–Crippen LogP) is 1.47. The van der Waals surface area contributed by atoms with Crippen LogP contribution >= 0.6 is 0 Å². The summed E-state index contributed by atoms with van der Waals surface area (Å²) >= 11 is 0. The molecule has 0 bridgehead atoms. The molecule has 2 aromatic rings. The molecular formula is C17H21N3O4. The normalized spacial score (nSPS) is 15.5. The number of carbonyl (C=O) groups is 1. The Labute approximate surface area is 139 Å². The van der Waals surface area contributed by atoms with E-state index in [1.807, 2.05) is 13.0 Å². The minimum atomic E-state index is -0.657. The third-order valence-corrected chi connectivity index (χ3v) is 4.34. The number of fused-ring (bicyclic) bond motifs is 1. The van der Waals surface area contributed by atoms with E-state index in [4.69, 9.17) is 14.9 Å². The van der Waals surface area contributed by atoms with Gasteiger partial charge in [0.25, 0.3) is 0 Å². The zero-order valence-corrected chi connectivity index (χ0v) is 13.6. The molecule has 1 aromatic heterocycles. The number of carbonyl (C=O) groups excluding carboxylic acids is 1. The van der Waals surface area contributed by atoms with Crippen molar-refractivity contribution in [2.45, 2.75) is 13.3 Å². The first-order valence-electron chi connectivity index (χ1n) is 7.97. The van der Waals surface area contributed by atoms with Crippen LogP contribution in [0.2, 0.25) is 0 Å². The van der Waals surface area contributed by atoms with Gasteiger partial charge in [0.15, 0.2) is 0 Å². The molecule has 7 nitrogen and oxygen atoms in total. The van der Waals surface area contributed by atoms with Crippen LogP contribution in [0.15, 0.2) is 27.4 Å². The summed E-state index contributed by atoms with van der Waals surface area (Å²) in [5.41, 5.74) is 7.34. The fraction of sp³-hybridized carbons (Fsp3) is 0.412. The Hall–Kier alpha value is -2.38. The van der Waals surface area contributed by atoms with Crippen LogP contribution in [-0.2, 0) is 11.2 Å². The second kappa shape index (κ2) is 7.02. The lowest BCUT2D eigenvalue weighted by Gasteiger charge is -2.26. The Kier molecular flexibility index (Phi) is 4.82. The highest BCUT2D eigenvalue weighted by molar-refractivity contribution is 5.91. The van der Waals surface area contributed by atoms with E-state index in [2.05, 4.69) is 10.2 Å². The van der Waals surface area contributed by atoms with Gasteiger partial charge >= 0.3 is 11.7 Å². The lowest BCUT2D eigenvalue weighted by Crippen LogP contribution is -2.38. The van der Waals surface area contributed by atoms with E-state index in [9.17, 15) is 9.59 Å². The van der Waals surface area contributed by atoms with Gasteiger partial charge in [0.1, 0.15) is 5.58 Å². The standard InChI is InChI=1S/C17H21N3O4/c1-11-13-3-2-12(19-17(18)22)10-15(13)24-16(21)14(11)4-5-20-6-8-23-9-7-20/h2-3,10H,4-9H2,1H3,(H3,18,19,22). The molecule has 128 valence electrons. The molecule has 0 unspecified atom stereocenters. The van der Waals surface area contributed by atoms with Gasteiger partial charge in [0.05, 0.1) is 13.2 Å². The van der Waals surface area contributed by atoms with Crippen molar-refractivity contribution in [1.29, 1.82) is 0 Å². The molecular weight excluding hydrogens is 310 g/mol. The summed E-state index contributed by atoms with van der Waals surface area (Å²) in [6, 6.07) is 4.53. The number of hydrogen-bond acceptors (Lipinski definition) is 5. The molecule has 0 aliphatic carbocycles. The number of nitrogens with one attached hydrogen (secondary N) is 1. The number of primary amides is 1. The molecule has 3 rings (SSSR count).